The first-order valence-corrected chi connectivity index (χ1v) is 8.61. The van der Waals surface area contributed by atoms with Crippen LogP contribution in [0, 0.1) is 6.92 Å². The van der Waals surface area contributed by atoms with Gasteiger partial charge in [-0.05, 0) is 26.3 Å². The van der Waals surface area contributed by atoms with Crippen LogP contribution in [-0.4, -0.2) is 36.4 Å². The molecule has 1 aromatic rings. The normalized spacial score (nSPS) is 25.8. The number of carbonyl (C=O) groups excluding carboxylic acids is 1. The van der Waals surface area contributed by atoms with Crippen LogP contribution in [0.25, 0.3) is 6.08 Å². The first kappa shape index (κ1) is 14.2. The number of carbonyl (C=O) groups is 1. The lowest BCUT2D eigenvalue weighted by Crippen LogP contribution is -2.46. The molecule has 0 bridgehead atoms. The van der Waals surface area contributed by atoms with Crippen LogP contribution in [0.4, 0.5) is 0 Å². The zero-order valence-electron chi connectivity index (χ0n) is 10.8. The van der Waals surface area contributed by atoms with E-state index in [1.807, 2.05) is 12.3 Å². The van der Waals surface area contributed by atoms with E-state index in [1.165, 1.54) is 17.4 Å². The van der Waals surface area contributed by atoms with Gasteiger partial charge in [-0.15, -0.1) is 11.3 Å². The maximum atomic E-state index is 11.8. The summed E-state index contributed by atoms with van der Waals surface area (Å²) in [6.07, 6.45) is 3.49. The standard InChI is InChI=1S/C12H16N2O3S2/c1-9-13-10(7-18-9)3-4-11(15)14-12(2)5-6-19(16,17)8-12/h3-4,7H,5-6,8H2,1-2H3,(H,14,15)/b4-3+. The summed E-state index contributed by atoms with van der Waals surface area (Å²) in [5.74, 6) is -0.140. The van der Waals surface area contributed by atoms with E-state index in [0.29, 0.717) is 6.42 Å². The van der Waals surface area contributed by atoms with Crippen LogP contribution in [-0.2, 0) is 14.6 Å². The molecule has 1 atom stereocenters. The van der Waals surface area contributed by atoms with E-state index < -0.39 is 15.4 Å². The number of aryl methyl sites for hydroxylation is 1. The van der Waals surface area contributed by atoms with Crippen LogP contribution in [0.1, 0.15) is 24.0 Å². The first-order chi connectivity index (χ1) is 8.78. The van der Waals surface area contributed by atoms with Gasteiger partial charge in [0.05, 0.1) is 27.7 Å². The zero-order valence-corrected chi connectivity index (χ0v) is 12.5. The van der Waals surface area contributed by atoms with E-state index in [2.05, 4.69) is 10.3 Å². The van der Waals surface area contributed by atoms with Crippen LogP contribution in [0.2, 0.25) is 0 Å². The van der Waals surface area contributed by atoms with Gasteiger partial charge in [0.2, 0.25) is 5.91 Å². The fourth-order valence-corrected chi connectivity index (χ4v) is 4.74. The number of amides is 1. The average molecular weight is 300 g/mol. The highest BCUT2D eigenvalue weighted by Crippen LogP contribution is 2.22. The second kappa shape index (κ2) is 5.05. The third kappa shape index (κ3) is 3.87. The molecule has 1 aromatic heterocycles. The van der Waals surface area contributed by atoms with Crippen molar-refractivity contribution in [2.45, 2.75) is 25.8 Å². The van der Waals surface area contributed by atoms with Crippen molar-refractivity contribution >= 4 is 33.2 Å². The molecule has 2 heterocycles. The average Bonchev–Trinajstić information content (AvgIpc) is 2.80. The van der Waals surface area contributed by atoms with Crippen molar-refractivity contribution < 1.29 is 13.2 Å². The lowest BCUT2D eigenvalue weighted by molar-refractivity contribution is -0.117. The van der Waals surface area contributed by atoms with Crippen LogP contribution < -0.4 is 5.32 Å². The molecule has 1 saturated heterocycles. The second-order valence-corrected chi connectivity index (χ2v) is 8.26. The molecule has 0 aliphatic carbocycles. The molecule has 0 aromatic carbocycles. The third-order valence-electron chi connectivity index (χ3n) is 2.97. The molecule has 1 unspecified atom stereocenters. The van der Waals surface area contributed by atoms with Crippen LogP contribution in [0.15, 0.2) is 11.5 Å². The summed E-state index contributed by atoms with van der Waals surface area (Å²) in [4.78, 5) is 16.0. The van der Waals surface area contributed by atoms with Gasteiger partial charge in [-0.3, -0.25) is 4.79 Å². The Kier molecular flexibility index (Phi) is 3.78. The maximum Gasteiger partial charge on any atom is 0.244 e. The number of nitrogens with zero attached hydrogens (tertiary/aromatic N) is 1. The molecule has 0 saturated carbocycles. The third-order valence-corrected chi connectivity index (χ3v) is 5.67. The van der Waals surface area contributed by atoms with Gasteiger partial charge < -0.3 is 5.32 Å². The largest absolute Gasteiger partial charge is 0.346 e. The smallest absolute Gasteiger partial charge is 0.244 e. The van der Waals surface area contributed by atoms with E-state index in [4.69, 9.17) is 0 Å². The summed E-state index contributed by atoms with van der Waals surface area (Å²) in [6, 6.07) is 0. The summed E-state index contributed by atoms with van der Waals surface area (Å²) in [5, 5.41) is 5.56. The van der Waals surface area contributed by atoms with Gasteiger partial charge in [-0.1, -0.05) is 0 Å². The molecule has 1 aliphatic heterocycles. The summed E-state index contributed by atoms with van der Waals surface area (Å²) >= 11 is 1.51. The molecule has 1 aliphatic rings. The van der Waals surface area contributed by atoms with Crippen LogP contribution in [0.3, 0.4) is 0 Å². The van der Waals surface area contributed by atoms with Crippen molar-refractivity contribution in [1.29, 1.82) is 0 Å². The van der Waals surface area contributed by atoms with Gasteiger partial charge >= 0.3 is 0 Å². The number of sulfone groups is 1. The second-order valence-electron chi connectivity index (χ2n) is 5.02. The Morgan fingerprint density at radius 2 is 2.32 bits per heavy atom. The summed E-state index contributed by atoms with van der Waals surface area (Å²) in [5.41, 5.74) is 0.0833. The summed E-state index contributed by atoms with van der Waals surface area (Å²) in [6.45, 7) is 3.66. The topological polar surface area (TPSA) is 76.1 Å². The highest BCUT2D eigenvalue weighted by Gasteiger charge is 2.38. The molecule has 104 valence electrons. The molecule has 19 heavy (non-hydrogen) atoms. The SMILES string of the molecule is Cc1nc(/C=C/C(=O)NC2(C)CCS(=O)(=O)C2)cs1. The molecule has 5 nitrogen and oxygen atoms in total. The maximum absolute atomic E-state index is 11.8. The fourth-order valence-electron chi connectivity index (χ4n) is 2.07. The fraction of sp³-hybridized carbons (Fsp3) is 0.500. The molecule has 7 heteroatoms. The number of hydrogen-bond donors (Lipinski definition) is 1. The van der Waals surface area contributed by atoms with Crippen molar-refractivity contribution in [1.82, 2.24) is 10.3 Å². The Balaban J connectivity index is 1.97. The number of thiazole rings is 1. The lowest BCUT2D eigenvalue weighted by atomic mass is 10.0. The van der Waals surface area contributed by atoms with Crippen molar-refractivity contribution in [2.75, 3.05) is 11.5 Å². The number of aromatic nitrogens is 1. The first-order valence-electron chi connectivity index (χ1n) is 5.91. The van der Waals surface area contributed by atoms with Gasteiger partial charge in [0.1, 0.15) is 0 Å². The number of nitrogens with one attached hydrogen (secondary N) is 1. The van der Waals surface area contributed by atoms with Crippen molar-refractivity contribution in [3.63, 3.8) is 0 Å². The molecular formula is C12H16N2O3S2. The van der Waals surface area contributed by atoms with Crippen molar-refractivity contribution in [3.05, 3.63) is 22.2 Å². The van der Waals surface area contributed by atoms with Gasteiger partial charge in [0.15, 0.2) is 9.84 Å². The zero-order chi connectivity index (χ0) is 14.1. The molecule has 1 amide bonds. The van der Waals surface area contributed by atoms with E-state index in [9.17, 15) is 13.2 Å². The highest BCUT2D eigenvalue weighted by molar-refractivity contribution is 7.91. The molecule has 1 fully saturated rings. The molecule has 2 rings (SSSR count). The van der Waals surface area contributed by atoms with Crippen molar-refractivity contribution in [2.24, 2.45) is 0 Å². The predicted octanol–water partition coefficient (Wildman–Crippen LogP) is 1.16. The Morgan fingerprint density at radius 1 is 1.58 bits per heavy atom. The van der Waals surface area contributed by atoms with Crippen LogP contribution >= 0.6 is 11.3 Å². The van der Waals surface area contributed by atoms with Gasteiger partial charge in [-0.2, -0.15) is 0 Å². The van der Waals surface area contributed by atoms with Crippen molar-refractivity contribution in [3.8, 4) is 0 Å². The Bertz CT molecular complexity index is 619. The highest BCUT2D eigenvalue weighted by atomic mass is 32.2. The molecular weight excluding hydrogens is 284 g/mol. The van der Waals surface area contributed by atoms with Crippen LogP contribution in [0.5, 0.6) is 0 Å². The van der Waals surface area contributed by atoms with E-state index >= 15 is 0 Å². The minimum atomic E-state index is -3.01. The predicted molar refractivity (Wildman–Crippen MR) is 75.7 cm³/mol. The Morgan fingerprint density at radius 3 is 2.84 bits per heavy atom. The van der Waals surface area contributed by atoms with Gasteiger partial charge in [-0.25, -0.2) is 13.4 Å². The monoisotopic (exact) mass is 300 g/mol. The minimum absolute atomic E-state index is 0.00931. The van der Waals surface area contributed by atoms with E-state index in [1.54, 1.807) is 13.0 Å². The minimum Gasteiger partial charge on any atom is -0.346 e. The summed E-state index contributed by atoms with van der Waals surface area (Å²) < 4.78 is 22.9. The van der Waals surface area contributed by atoms with E-state index in [-0.39, 0.29) is 17.4 Å². The molecule has 0 spiro atoms. The molecule has 1 N–H and O–H groups in total. The Hall–Kier alpha value is -1.21. The summed E-state index contributed by atoms with van der Waals surface area (Å²) in [7, 11) is -3.01. The Labute approximate surface area is 116 Å². The lowest BCUT2D eigenvalue weighted by Gasteiger charge is -2.22. The van der Waals surface area contributed by atoms with Gasteiger partial charge in [0.25, 0.3) is 0 Å². The van der Waals surface area contributed by atoms with Gasteiger partial charge in [0, 0.05) is 11.5 Å². The number of hydrogen-bond acceptors (Lipinski definition) is 5. The quantitative estimate of drug-likeness (QED) is 0.850. The molecule has 0 radical (unpaired) electrons. The van der Waals surface area contributed by atoms with E-state index in [0.717, 1.165) is 10.7 Å². The number of rotatable bonds is 3.